The van der Waals surface area contributed by atoms with E-state index in [1.165, 1.54) is 0 Å². The molecular weight excluding hydrogens is 66.0 g/mol. The van der Waals surface area contributed by atoms with Gasteiger partial charge in [0.15, 0.2) is 0 Å². The second kappa shape index (κ2) is 2.18. The highest BCUT2D eigenvalue weighted by molar-refractivity contribution is 4.65. The van der Waals surface area contributed by atoms with Gasteiger partial charge in [0.25, 0.3) is 0 Å². The maximum atomic E-state index is 8.15. The fourth-order valence-corrected chi connectivity index (χ4v) is 0. The normalized spacial score (nSPS) is 9.60. The van der Waals surface area contributed by atoms with Crippen LogP contribution in [0.1, 0.15) is 6.92 Å². The molecule has 0 aromatic rings. The van der Waals surface area contributed by atoms with Gasteiger partial charge in [-0.3, -0.25) is 0 Å². The van der Waals surface area contributed by atoms with E-state index in [4.69, 9.17) is 10.8 Å². The van der Waals surface area contributed by atoms with E-state index in [0.717, 1.165) is 0 Å². The average Bonchev–Trinajstić information content (AvgIpc) is 1.38. The molecule has 0 unspecified atom stereocenters. The minimum Gasteiger partial charge on any atom is -0.386 e. The van der Waals surface area contributed by atoms with E-state index in [1.54, 1.807) is 6.92 Å². The second-order valence-corrected chi connectivity index (χ2v) is 0.939. The van der Waals surface area contributed by atoms with Crippen LogP contribution in [0.4, 0.5) is 0 Å². The third kappa shape index (κ3) is 3.92. The van der Waals surface area contributed by atoms with Crippen molar-refractivity contribution in [1.29, 1.82) is 0 Å². The Morgan fingerprint density at radius 3 is 2.20 bits per heavy atom. The molecule has 0 aromatic heterocycles. The maximum absolute atomic E-state index is 8.15. The molecule has 5 heavy (non-hydrogen) atoms. The van der Waals surface area contributed by atoms with Crippen LogP contribution in [0.2, 0.25) is 0 Å². The van der Waals surface area contributed by atoms with Crippen LogP contribution < -0.4 is 5.73 Å². The zero-order valence-electron chi connectivity index (χ0n) is 3.23. The molecule has 31 valence electrons. The summed E-state index contributed by atoms with van der Waals surface area (Å²) in [4.78, 5) is 0. The van der Waals surface area contributed by atoms with Crippen molar-refractivity contribution < 1.29 is 5.11 Å². The smallest absolute Gasteiger partial charge is 0.104 e. The lowest BCUT2D eigenvalue weighted by Crippen LogP contribution is -2.06. The van der Waals surface area contributed by atoms with E-state index in [1.807, 2.05) is 0 Å². The summed E-state index contributed by atoms with van der Waals surface area (Å²) >= 11 is 0. The summed E-state index contributed by atoms with van der Waals surface area (Å²) in [7, 11) is 0. The Morgan fingerprint density at radius 1 is 2.00 bits per heavy atom. The zero-order valence-corrected chi connectivity index (χ0v) is 3.23. The second-order valence-electron chi connectivity index (χ2n) is 0.939. The molecule has 0 bridgehead atoms. The van der Waals surface area contributed by atoms with Crippen LogP contribution in [0.15, 0.2) is 0 Å². The number of nitrogens with two attached hydrogens (primary N) is 1. The third-order valence-electron chi connectivity index (χ3n) is 0.295. The quantitative estimate of drug-likeness (QED) is 0.455. The lowest BCUT2D eigenvalue weighted by molar-refractivity contribution is 0.313. The van der Waals surface area contributed by atoms with Gasteiger partial charge in [0.05, 0.1) is 0 Å². The summed E-state index contributed by atoms with van der Waals surface area (Å²) in [5.41, 5.74) is 4.88. The lowest BCUT2D eigenvalue weighted by Gasteiger charge is -1.89. The van der Waals surface area contributed by atoms with Crippen molar-refractivity contribution in [3.63, 3.8) is 0 Å². The summed E-state index contributed by atoms with van der Waals surface area (Å²) in [6.45, 7) is 1.85. The largest absolute Gasteiger partial charge is 0.386 e. The number of rotatable bonds is 1. The standard InChI is InChI=1S/C3H8NO/c1-3(5)2-4/h5H,2,4H2,1H3. The monoisotopic (exact) mass is 74.1 g/mol. The molecule has 3 N–H and O–H groups in total. The first-order valence-electron chi connectivity index (χ1n) is 1.49. The molecule has 0 spiro atoms. The highest BCUT2D eigenvalue weighted by Gasteiger charge is 1.83. The summed E-state index contributed by atoms with van der Waals surface area (Å²) in [6, 6.07) is 0. The summed E-state index contributed by atoms with van der Waals surface area (Å²) in [6.07, 6.45) is 0.282. The zero-order chi connectivity index (χ0) is 4.28. The van der Waals surface area contributed by atoms with Crippen LogP contribution in [-0.4, -0.2) is 11.7 Å². The minimum absolute atomic E-state index is 0.278. The van der Waals surface area contributed by atoms with Gasteiger partial charge in [0, 0.05) is 6.54 Å². The van der Waals surface area contributed by atoms with Gasteiger partial charge in [-0.15, -0.1) is 0 Å². The first-order valence-corrected chi connectivity index (χ1v) is 1.49. The van der Waals surface area contributed by atoms with Crippen molar-refractivity contribution in [3.8, 4) is 0 Å². The molecule has 0 saturated carbocycles. The van der Waals surface area contributed by atoms with E-state index >= 15 is 0 Å². The first kappa shape index (κ1) is 4.92. The van der Waals surface area contributed by atoms with Crippen molar-refractivity contribution in [1.82, 2.24) is 0 Å². The molecule has 0 atom stereocenters. The predicted octanol–water partition coefficient (Wildman–Crippen LogP) is -0.131. The number of aliphatic hydroxyl groups is 1. The predicted molar refractivity (Wildman–Crippen MR) is 19.9 cm³/mol. The Hall–Kier alpha value is -0.0800. The molecule has 0 aliphatic carbocycles. The fraction of sp³-hybridized carbons (Fsp3) is 0.667. The van der Waals surface area contributed by atoms with E-state index in [2.05, 4.69) is 0 Å². The summed E-state index contributed by atoms with van der Waals surface area (Å²) in [5, 5.41) is 8.15. The van der Waals surface area contributed by atoms with Gasteiger partial charge >= 0.3 is 0 Å². The van der Waals surface area contributed by atoms with E-state index in [0.29, 0.717) is 0 Å². The molecule has 1 radical (unpaired) electrons. The average molecular weight is 74.1 g/mol. The summed E-state index contributed by atoms with van der Waals surface area (Å²) in [5.74, 6) is 0. The Labute approximate surface area is 31.6 Å². The molecule has 0 amide bonds. The maximum Gasteiger partial charge on any atom is 0.104 e. The highest BCUT2D eigenvalue weighted by Crippen LogP contribution is 1.79. The molecule has 0 heterocycles. The van der Waals surface area contributed by atoms with E-state index < -0.39 is 0 Å². The molecular formula is C3H8NO. The Bertz CT molecular complexity index is 20.9. The molecule has 0 aliphatic rings. The van der Waals surface area contributed by atoms with Gasteiger partial charge in [-0.1, -0.05) is 0 Å². The Kier molecular flexibility index (Phi) is 2.14. The number of hydrogen-bond donors (Lipinski definition) is 2. The van der Waals surface area contributed by atoms with Crippen LogP contribution in [0.25, 0.3) is 0 Å². The molecule has 2 nitrogen and oxygen atoms in total. The van der Waals surface area contributed by atoms with Gasteiger partial charge in [0.2, 0.25) is 0 Å². The molecule has 0 aliphatic heterocycles. The van der Waals surface area contributed by atoms with Crippen molar-refractivity contribution in [2.75, 3.05) is 6.54 Å². The van der Waals surface area contributed by atoms with E-state index in [-0.39, 0.29) is 12.6 Å². The SMILES string of the molecule is C[C](O)CN. The first-order chi connectivity index (χ1) is 2.27. The molecule has 0 fully saturated rings. The van der Waals surface area contributed by atoms with Gasteiger partial charge in [-0.2, -0.15) is 0 Å². The lowest BCUT2D eigenvalue weighted by atomic mass is 10.4. The fourth-order valence-electron chi connectivity index (χ4n) is 0. The van der Waals surface area contributed by atoms with Crippen molar-refractivity contribution >= 4 is 0 Å². The number of hydrogen-bond acceptors (Lipinski definition) is 2. The topological polar surface area (TPSA) is 46.2 Å². The van der Waals surface area contributed by atoms with Gasteiger partial charge in [0.1, 0.15) is 6.10 Å². The van der Waals surface area contributed by atoms with Crippen molar-refractivity contribution in [2.24, 2.45) is 5.73 Å². The number of aliphatic hydroxyl groups excluding tert-OH is 1. The van der Waals surface area contributed by atoms with Crippen LogP contribution >= 0.6 is 0 Å². The Balaban J connectivity index is 2.54. The van der Waals surface area contributed by atoms with Crippen LogP contribution in [0.5, 0.6) is 0 Å². The van der Waals surface area contributed by atoms with Crippen LogP contribution in [-0.2, 0) is 0 Å². The molecule has 2 heteroatoms. The van der Waals surface area contributed by atoms with E-state index in [9.17, 15) is 0 Å². The van der Waals surface area contributed by atoms with Gasteiger partial charge in [-0.25, -0.2) is 0 Å². The van der Waals surface area contributed by atoms with Crippen molar-refractivity contribution in [2.45, 2.75) is 6.92 Å². The minimum atomic E-state index is 0.278. The van der Waals surface area contributed by atoms with Crippen molar-refractivity contribution in [3.05, 3.63) is 6.10 Å². The van der Waals surface area contributed by atoms with Gasteiger partial charge in [-0.05, 0) is 6.92 Å². The molecule has 0 saturated heterocycles. The van der Waals surface area contributed by atoms with Gasteiger partial charge < -0.3 is 10.8 Å². The third-order valence-corrected chi connectivity index (χ3v) is 0.295. The highest BCUT2D eigenvalue weighted by atomic mass is 16.3. The summed E-state index contributed by atoms with van der Waals surface area (Å²) < 4.78 is 0. The molecule has 0 rings (SSSR count). The van der Waals surface area contributed by atoms with Crippen LogP contribution in [0, 0.1) is 6.10 Å². The van der Waals surface area contributed by atoms with Crippen LogP contribution in [0.3, 0.4) is 0 Å². The Morgan fingerprint density at radius 2 is 2.20 bits per heavy atom. The molecule has 0 aromatic carbocycles.